The molecule has 19 heavy (non-hydrogen) atoms. The second-order valence-electron chi connectivity index (χ2n) is 5.28. The third-order valence-electron chi connectivity index (χ3n) is 3.61. The topological polar surface area (TPSA) is 29.3 Å². The second kappa shape index (κ2) is 6.07. The van der Waals surface area contributed by atoms with Gasteiger partial charge >= 0.3 is 0 Å². The van der Waals surface area contributed by atoms with Gasteiger partial charge in [0.25, 0.3) is 0 Å². The van der Waals surface area contributed by atoms with Crippen LogP contribution in [0, 0.1) is 0 Å². The lowest BCUT2D eigenvalue weighted by molar-refractivity contribution is 0.673. The first-order valence-electron chi connectivity index (χ1n) is 7.16. The Kier molecular flexibility index (Phi) is 4.43. The highest BCUT2D eigenvalue weighted by atomic mass is 15.1. The Balaban J connectivity index is 2.60. The molecule has 0 saturated heterocycles. The molecule has 2 nitrogen and oxygen atoms in total. The van der Waals surface area contributed by atoms with Crippen molar-refractivity contribution in [2.75, 3.05) is 11.4 Å². The maximum atomic E-state index is 5.85. The summed E-state index contributed by atoms with van der Waals surface area (Å²) in [7, 11) is 0. The Hall–Kier alpha value is -1.54. The Morgan fingerprint density at radius 1 is 1.05 bits per heavy atom. The fourth-order valence-corrected chi connectivity index (χ4v) is 2.67. The lowest BCUT2D eigenvalue weighted by Crippen LogP contribution is -2.31. The molecular weight excluding hydrogens is 232 g/mol. The number of nitrogens with zero attached hydrogens (tertiary/aromatic N) is 1. The lowest BCUT2D eigenvalue weighted by Gasteiger charge is -2.30. The van der Waals surface area contributed by atoms with Gasteiger partial charge in [0.1, 0.15) is 0 Å². The highest BCUT2D eigenvalue weighted by Gasteiger charge is 2.13. The van der Waals surface area contributed by atoms with Gasteiger partial charge in [-0.3, -0.25) is 0 Å². The maximum Gasteiger partial charge on any atom is 0.0448 e. The summed E-state index contributed by atoms with van der Waals surface area (Å²) < 4.78 is 0. The molecule has 0 radical (unpaired) electrons. The number of rotatable bonds is 5. The number of benzene rings is 2. The van der Waals surface area contributed by atoms with Crippen LogP contribution in [0.25, 0.3) is 10.8 Å². The zero-order valence-corrected chi connectivity index (χ0v) is 12.2. The molecule has 0 unspecified atom stereocenters. The fraction of sp³-hybridized carbons (Fsp3) is 0.412. The van der Waals surface area contributed by atoms with Crippen molar-refractivity contribution < 1.29 is 0 Å². The van der Waals surface area contributed by atoms with E-state index in [1.807, 2.05) is 0 Å². The van der Waals surface area contributed by atoms with Crippen molar-refractivity contribution in [3.63, 3.8) is 0 Å². The summed E-state index contributed by atoms with van der Waals surface area (Å²) in [6, 6.07) is 13.5. The summed E-state index contributed by atoms with van der Waals surface area (Å²) in [6.07, 6.45) is 1.16. The third kappa shape index (κ3) is 2.74. The van der Waals surface area contributed by atoms with Crippen molar-refractivity contribution in [1.29, 1.82) is 0 Å². The zero-order chi connectivity index (χ0) is 13.8. The Labute approximate surface area is 116 Å². The van der Waals surface area contributed by atoms with Gasteiger partial charge < -0.3 is 10.6 Å². The van der Waals surface area contributed by atoms with Gasteiger partial charge in [-0.05, 0) is 37.3 Å². The Bertz CT molecular complexity index is 546. The van der Waals surface area contributed by atoms with Crippen LogP contribution < -0.4 is 10.6 Å². The summed E-state index contributed by atoms with van der Waals surface area (Å²) >= 11 is 0. The van der Waals surface area contributed by atoms with Gasteiger partial charge in [-0.2, -0.15) is 0 Å². The molecule has 0 heterocycles. The molecule has 0 spiro atoms. The van der Waals surface area contributed by atoms with E-state index in [4.69, 9.17) is 5.73 Å². The summed E-state index contributed by atoms with van der Waals surface area (Å²) in [5.74, 6) is 0. The van der Waals surface area contributed by atoms with E-state index in [9.17, 15) is 0 Å². The number of anilines is 1. The van der Waals surface area contributed by atoms with Crippen LogP contribution in [0.4, 0.5) is 5.69 Å². The monoisotopic (exact) mass is 256 g/mol. The van der Waals surface area contributed by atoms with Crippen LogP contribution in [0.3, 0.4) is 0 Å². The normalized spacial score (nSPS) is 11.2. The van der Waals surface area contributed by atoms with Gasteiger partial charge in [0.15, 0.2) is 0 Å². The van der Waals surface area contributed by atoms with E-state index < -0.39 is 0 Å². The van der Waals surface area contributed by atoms with Gasteiger partial charge in [-0.1, -0.05) is 37.3 Å². The number of fused-ring (bicyclic) bond motifs is 1. The molecule has 0 aromatic heterocycles. The molecule has 2 heteroatoms. The Morgan fingerprint density at radius 2 is 1.74 bits per heavy atom. The third-order valence-corrected chi connectivity index (χ3v) is 3.61. The molecule has 0 saturated carbocycles. The average Bonchev–Trinajstić information content (AvgIpc) is 2.43. The van der Waals surface area contributed by atoms with Crippen LogP contribution in [0.2, 0.25) is 0 Å². The van der Waals surface area contributed by atoms with Crippen LogP contribution in [-0.2, 0) is 6.54 Å². The van der Waals surface area contributed by atoms with Crippen LogP contribution in [0.15, 0.2) is 36.4 Å². The highest BCUT2D eigenvalue weighted by Crippen LogP contribution is 2.30. The van der Waals surface area contributed by atoms with E-state index in [0.29, 0.717) is 12.6 Å². The van der Waals surface area contributed by atoms with Crippen molar-refractivity contribution in [2.24, 2.45) is 5.73 Å². The molecule has 102 valence electrons. The minimum absolute atomic E-state index is 0.507. The van der Waals surface area contributed by atoms with Crippen molar-refractivity contribution in [3.8, 4) is 0 Å². The molecule has 0 aliphatic rings. The molecule has 0 bridgehead atoms. The quantitative estimate of drug-likeness (QED) is 0.878. The predicted octanol–water partition coefficient (Wildman–Crippen LogP) is 3.92. The number of nitrogens with two attached hydrogens (primary N) is 1. The molecule has 0 aliphatic heterocycles. The van der Waals surface area contributed by atoms with Gasteiger partial charge in [0.05, 0.1) is 0 Å². The molecular formula is C17H24N2. The minimum Gasteiger partial charge on any atom is -0.369 e. The van der Waals surface area contributed by atoms with Crippen LogP contribution in [0.1, 0.15) is 32.8 Å². The van der Waals surface area contributed by atoms with Crippen molar-refractivity contribution >= 4 is 16.5 Å². The van der Waals surface area contributed by atoms with E-state index in [0.717, 1.165) is 13.0 Å². The van der Waals surface area contributed by atoms with E-state index in [-0.39, 0.29) is 0 Å². The molecule has 2 rings (SSSR count). The van der Waals surface area contributed by atoms with E-state index in [1.54, 1.807) is 0 Å². The largest absolute Gasteiger partial charge is 0.369 e. The van der Waals surface area contributed by atoms with Gasteiger partial charge in [-0.25, -0.2) is 0 Å². The van der Waals surface area contributed by atoms with Gasteiger partial charge in [0, 0.05) is 30.2 Å². The molecule has 0 atom stereocenters. The highest BCUT2D eigenvalue weighted by molar-refractivity contribution is 5.96. The first-order chi connectivity index (χ1) is 9.19. The van der Waals surface area contributed by atoms with Crippen LogP contribution in [0.5, 0.6) is 0 Å². The average molecular weight is 256 g/mol. The van der Waals surface area contributed by atoms with Gasteiger partial charge in [-0.15, -0.1) is 0 Å². The fourth-order valence-electron chi connectivity index (χ4n) is 2.67. The molecule has 2 N–H and O–H groups in total. The SMILES string of the molecule is CCCN(c1ccc(CN)c2ccccc12)C(C)C. The molecule has 0 aliphatic carbocycles. The second-order valence-corrected chi connectivity index (χ2v) is 5.28. The summed E-state index contributed by atoms with van der Waals surface area (Å²) in [5.41, 5.74) is 8.39. The van der Waals surface area contributed by atoms with Crippen LogP contribution >= 0.6 is 0 Å². The lowest BCUT2D eigenvalue weighted by atomic mass is 10.0. The maximum absolute atomic E-state index is 5.85. The van der Waals surface area contributed by atoms with Gasteiger partial charge in [0.2, 0.25) is 0 Å². The van der Waals surface area contributed by atoms with Crippen molar-refractivity contribution in [3.05, 3.63) is 42.0 Å². The van der Waals surface area contributed by atoms with E-state index >= 15 is 0 Å². The van der Waals surface area contributed by atoms with E-state index in [1.165, 1.54) is 22.0 Å². The summed E-state index contributed by atoms with van der Waals surface area (Å²) in [6.45, 7) is 8.41. The first kappa shape index (κ1) is 13.9. The van der Waals surface area contributed by atoms with Crippen LogP contribution in [-0.4, -0.2) is 12.6 Å². The minimum atomic E-state index is 0.507. The molecule has 2 aromatic carbocycles. The first-order valence-corrected chi connectivity index (χ1v) is 7.16. The summed E-state index contributed by atoms with van der Waals surface area (Å²) in [4.78, 5) is 2.47. The number of hydrogen-bond acceptors (Lipinski definition) is 2. The van der Waals surface area contributed by atoms with E-state index in [2.05, 4.69) is 62.1 Å². The number of hydrogen-bond donors (Lipinski definition) is 1. The zero-order valence-electron chi connectivity index (χ0n) is 12.2. The van der Waals surface area contributed by atoms with Crippen molar-refractivity contribution in [2.45, 2.75) is 39.8 Å². The predicted molar refractivity (Wildman–Crippen MR) is 84.6 cm³/mol. The standard InChI is InChI=1S/C17H24N2/c1-4-11-19(13(2)3)17-10-9-14(12-18)15-7-5-6-8-16(15)17/h5-10,13H,4,11-12,18H2,1-3H3. The van der Waals surface area contributed by atoms with Crippen molar-refractivity contribution in [1.82, 2.24) is 0 Å². The smallest absolute Gasteiger partial charge is 0.0448 e. The summed E-state index contributed by atoms with van der Waals surface area (Å²) in [5, 5.41) is 2.59. The molecule has 0 fully saturated rings. The Morgan fingerprint density at radius 3 is 2.32 bits per heavy atom. The molecule has 0 amide bonds. The molecule has 2 aromatic rings.